The topological polar surface area (TPSA) is 64.3 Å². The highest BCUT2D eigenvalue weighted by Gasteiger charge is 2.24. The Kier molecular flexibility index (Phi) is 4.66. The molecule has 0 aliphatic heterocycles. The normalized spacial score (nSPS) is 22.9. The summed E-state index contributed by atoms with van der Waals surface area (Å²) in [6, 6.07) is 5.07. The summed E-state index contributed by atoms with van der Waals surface area (Å²) in [4.78, 5) is 12.3. The van der Waals surface area contributed by atoms with Crippen LogP contribution in [0.2, 0.25) is 5.02 Å². The van der Waals surface area contributed by atoms with E-state index in [9.17, 15) is 4.79 Å². The maximum atomic E-state index is 12.3. The lowest BCUT2D eigenvalue weighted by atomic mass is 9.91. The molecule has 4 nitrogen and oxygen atoms in total. The van der Waals surface area contributed by atoms with Crippen LogP contribution in [-0.2, 0) is 0 Å². The van der Waals surface area contributed by atoms with Gasteiger partial charge in [0.05, 0.1) is 12.7 Å². The van der Waals surface area contributed by atoms with Crippen molar-refractivity contribution in [2.45, 2.75) is 37.8 Å². The monoisotopic (exact) mass is 282 g/mol. The first kappa shape index (κ1) is 14.2. The Morgan fingerprint density at radius 1 is 1.42 bits per heavy atom. The Labute approximate surface area is 118 Å². The summed E-state index contributed by atoms with van der Waals surface area (Å²) in [6.45, 7) is 0. The number of carbonyl (C=O) groups excluding carboxylic acids is 1. The second-order valence-electron chi connectivity index (χ2n) is 4.87. The molecule has 1 aliphatic rings. The van der Waals surface area contributed by atoms with E-state index < -0.39 is 0 Å². The largest absolute Gasteiger partial charge is 0.496 e. The van der Waals surface area contributed by atoms with Crippen molar-refractivity contribution in [2.75, 3.05) is 7.11 Å². The van der Waals surface area contributed by atoms with Crippen LogP contribution in [0.5, 0.6) is 5.75 Å². The van der Waals surface area contributed by atoms with Crippen molar-refractivity contribution in [1.29, 1.82) is 0 Å². The lowest BCUT2D eigenvalue weighted by Crippen LogP contribution is -2.49. The molecule has 1 aromatic rings. The number of carbonyl (C=O) groups is 1. The van der Waals surface area contributed by atoms with E-state index in [0.29, 0.717) is 16.3 Å². The molecule has 1 aromatic carbocycles. The molecule has 0 heterocycles. The van der Waals surface area contributed by atoms with Crippen LogP contribution in [0.1, 0.15) is 36.0 Å². The summed E-state index contributed by atoms with van der Waals surface area (Å²) in [7, 11) is 1.52. The SMILES string of the molecule is COc1cc(Cl)ccc1C(=O)NC1CCCCC1N. The van der Waals surface area contributed by atoms with Crippen LogP contribution in [0.15, 0.2) is 18.2 Å². The minimum atomic E-state index is -0.157. The zero-order chi connectivity index (χ0) is 13.8. The number of rotatable bonds is 3. The minimum absolute atomic E-state index is 0.0380. The number of amides is 1. The smallest absolute Gasteiger partial charge is 0.255 e. The van der Waals surface area contributed by atoms with Gasteiger partial charge < -0.3 is 15.8 Å². The molecule has 1 saturated carbocycles. The summed E-state index contributed by atoms with van der Waals surface area (Å²) in [5.74, 6) is 0.324. The van der Waals surface area contributed by atoms with Gasteiger partial charge in [0.15, 0.2) is 0 Å². The maximum Gasteiger partial charge on any atom is 0.255 e. The number of nitrogens with two attached hydrogens (primary N) is 1. The highest BCUT2D eigenvalue weighted by atomic mass is 35.5. The van der Waals surface area contributed by atoms with Crippen molar-refractivity contribution in [2.24, 2.45) is 5.73 Å². The predicted molar refractivity (Wildman–Crippen MR) is 75.7 cm³/mol. The van der Waals surface area contributed by atoms with Crippen LogP contribution in [-0.4, -0.2) is 25.1 Å². The number of nitrogens with one attached hydrogen (secondary N) is 1. The Hall–Kier alpha value is -1.26. The average molecular weight is 283 g/mol. The fourth-order valence-electron chi connectivity index (χ4n) is 2.44. The van der Waals surface area contributed by atoms with Crippen LogP contribution < -0.4 is 15.8 Å². The molecule has 0 bridgehead atoms. The summed E-state index contributed by atoms with van der Waals surface area (Å²) in [6.07, 6.45) is 4.14. The molecule has 1 amide bonds. The molecule has 3 N–H and O–H groups in total. The molecule has 0 saturated heterocycles. The van der Waals surface area contributed by atoms with E-state index in [1.807, 2.05) is 0 Å². The van der Waals surface area contributed by atoms with Crippen molar-refractivity contribution in [3.8, 4) is 5.75 Å². The van der Waals surface area contributed by atoms with Crippen molar-refractivity contribution in [3.05, 3.63) is 28.8 Å². The molecule has 1 aliphatic carbocycles. The first-order valence-corrected chi connectivity index (χ1v) is 6.89. The van der Waals surface area contributed by atoms with Gasteiger partial charge in [-0.1, -0.05) is 24.4 Å². The van der Waals surface area contributed by atoms with Crippen molar-refractivity contribution in [3.63, 3.8) is 0 Å². The van der Waals surface area contributed by atoms with Crippen LogP contribution in [0, 0.1) is 0 Å². The molecule has 5 heteroatoms. The van der Waals surface area contributed by atoms with Crippen molar-refractivity contribution in [1.82, 2.24) is 5.32 Å². The van der Waals surface area contributed by atoms with Gasteiger partial charge in [0, 0.05) is 17.1 Å². The lowest BCUT2D eigenvalue weighted by molar-refractivity contribution is 0.0918. The molecule has 0 aromatic heterocycles. The lowest BCUT2D eigenvalue weighted by Gasteiger charge is -2.29. The molecule has 1 fully saturated rings. The summed E-state index contributed by atoms with van der Waals surface area (Å²) >= 11 is 5.88. The number of methoxy groups -OCH3 is 1. The fraction of sp³-hybridized carbons (Fsp3) is 0.500. The third kappa shape index (κ3) is 3.39. The number of hydrogen-bond donors (Lipinski definition) is 2. The average Bonchev–Trinajstić information content (AvgIpc) is 2.41. The second-order valence-corrected chi connectivity index (χ2v) is 5.31. The van der Waals surface area contributed by atoms with Gasteiger partial charge in [0.1, 0.15) is 5.75 Å². The quantitative estimate of drug-likeness (QED) is 0.894. The molecule has 0 spiro atoms. The number of benzene rings is 1. The van der Waals surface area contributed by atoms with E-state index >= 15 is 0 Å². The van der Waals surface area contributed by atoms with E-state index in [2.05, 4.69) is 5.32 Å². The van der Waals surface area contributed by atoms with Gasteiger partial charge in [-0.15, -0.1) is 0 Å². The minimum Gasteiger partial charge on any atom is -0.496 e. The maximum absolute atomic E-state index is 12.3. The number of ether oxygens (including phenoxy) is 1. The van der Waals surface area contributed by atoms with Crippen LogP contribution in [0.3, 0.4) is 0 Å². The van der Waals surface area contributed by atoms with Crippen molar-refractivity contribution >= 4 is 17.5 Å². The number of halogens is 1. The van der Waals surface area contributed by atoms with Gasteiger partial charge in [-0.05, 0) is 31.0 Å². The fourth-order valence-corrected chi connectivity index (χ4v) is 2.60. The first-order chi connectivity index (χ1) is 9.11. The molecule has 0 radical (unpaired) electrons. The summed E-state index contributed by atoms with van der Waals surface area (Å²) < 4.78 is 5.19. The van der Waals surface area contributed by atoms with Gasteiger partial charge in [0.25, 0.3) is 5.91 Å². The van der Waals surface area contributed by atoms with E-state index in [-0.39, 0.29) is 18.0 Å². The Morgan fingerprint density at radius 3 is 2.84 bits per heavy atom. The molecule has 2 atom stereocenters. The van der Waals surface area contributed by atoms with E-state index in [1.165, 1.54) is 7.11 Å². The summed E-state index contributed by atoms with van der Waals surface area (Å²) in [5.41, 5.74) is 6.52. The molecule has 104 valence electrons. The second kappa shape index (κ2) is 6.26. The molecule has 2 unspecified atom stereocenters. The van der Waals surface area contributed by atoms with E-state index in [1.54, 1.807) is 18.2 Å². The van der Waals surface area contributed by atoms with E-state index in [4.69, 9.17) is 22.1 Å². The molecular weight excluding hydrogens is 264 g/mol. The van der Waals surface area contributed by atoms with Crippen LogP contribution in [0.25, 0.3) is 0 Å². The van der Waals surface area contributed by atoms with Crippen LogP contribution >= 0.6 is 11.6 Å². The Bertz CT molecular complexity index is 465. The predicted octanol–water partition coefficient (Wildman–Crippen LogP) is 2.35. The van der Waals surface area contributed by atoms with Gasteiger partial charge >= 0.3 is 0 Å². The van der Waals surface area contributed by atoms with Crippen molar-refractivity contribution < 1.29 is 9.53 Å². The highest BCUT2D eigenvalue weighted by Crippen LogP contribution is 2.24. The Balaban J connectivity index is 2.11. The first-order valence-electron chi connectivity index (χ1n) is 6.52. The molecule has 2 rings (SSSR count). The highest BCUT2D eigenvalue weighted by molar-refractivity contribution is 6.30. The molecule has 19 heavy (non-hydrogen) atoms. The Morgan fingerprint density at radius 2 is 2.16 bits per heavy atom. The molecular formula is C14H19ClN2O2. The third-order valence-corrected chi connectivity index (χ3v) is 3.78. The van der Waals surface area contributed by atoms with Crippen LogP contribution in [0.4, 0.5) is 0 Å². The van der Waals surface area contributed by atoms with Gasteiger partial charge in [-0.2, -0.15) is 0 Å². The van der Waals surface area contributed by atoms with Gasteiger partial charge in [-0.25, -0.2) is 0 Å². The zero-order valence-electron chi connectivity index (χ0n) is 11.0. The van der Waals surface area contributed by atoms with Gasteiger partial charge in [0.2, 0.25) is 0 Å². The standard InChI is InChI=1S/C14H19ClN2O2/c1-19-13-8-9(15)6-7-10(13)14(18)17-12-5-3-2-4-11(12)16/h6-8,11-12H,2-5,16H2,1H3,(H,17,18). The third-order valence-electron chi connectivity index (χ3n) is 3.54. The zero-order valence-corrected chi connectivity index (χ0v) is 11.7. The summed E-state index contributed by atoms with van der Waals surface area (Å²) in [5, 5.41) is 3.54. The van der Waals surface area contributed by atoms with Gasteiger partial charge in [-0.3, -0.25) is 4.79 Å². The number of hydrogen-bond acceptors (Lipinski definition) is 3. The van der Waals surface area contributed by atoms with E-state index in [0.717, 1.165) is 25.7 Å².